The van der Waals surface area contributed by atoms with E-state index in [-0.39, 0.29) is 23.6 Å². The van der Waals surface area contributed by atoms with Crippen molar-refractivity contribution < 1.29 is 9.53 Å². The van der Waals surface area contributed by atoms with Crippen molar-refractivity contribution in [2.75, 3.05) is 0 Å². The Labute approximate surface area is 182 Å². The van der Waals surface area contributed by atoms with Gasteiger partial charge in [-0.25, -0.2) is 14.8 Å². The first-order valence-corrected chi connectivity index (χ1v) is 10.2. The van der Waals surface area contributed by atoms with Gasteiger partial charge in [-0.1, -0.05) is 11.6 Å². The number of rotatable bonds is 4. The zero-order chi connectivity index (χ0) is 21.7. The summed E-state index contributed by atoms with van der Waals surface area (Å²) in [6.07, 6.45) is 3.37. The van der Waals surface area contributed by atoms with Crippen molar-refractivity contribution in [3.63, 3.8) is 0 Å². The second-order valence-corrected chi connectivity index (χ2v) is 8.13. The third kappa shape index (κ3) is 3.45. The third-order valence-electron chi connectivity index (χ3n) is 5.60. The number of benzene rings is 1. The van der Waals surface area contributed by atoms with E-state index in [2.05, 4.69) is 31.4 Å². The van der Waals surface area contributed by atoms with Gasteiger partial charge < -0.3 is 15.0 Å². The number of aromatic nitrogens is 5. The predicted octanol–water partition coefficient (Wildman–Crippen LogP) is 3.80. The molecule has 0 bridgehead atoms. The van der Waals surface area contributed by atoms with Crippen molar-refractivity contribution in [2.24, 2.45) is 18.9 Å². The molecule has 1 amide bonds. The van der Waals surface area contributed by atoms with Gasteiger partial charge in [0, 0.05) is 29.7 Å². The van der Waals surface area contributed by atoms with Gasteiger partial charge in [-0.2, -0.15) is 10.4 Å². The van der Waals surface area contributed by atoms with Crippen LogP contribution < -0.4 is 10.1 Å². The molecule has 1 aromatic carbocycles. The number of nitriles is 1. The second-order valence-electron chi connectivity index (χ2n) is 7.70. The Morgan fingerprint density at radius 3 is 3.10 bits per heavy atom. The number of aryl methyl sites for hydroxylation is 1. The van der Waals surface area contributed by atoms with Crippen LogP contribution in [0.4, 0.5) is 4.79 Å². The number of aromatic amines is 1. The van der Waals surface area contributed by atoms with E-state index < -0.39 is 6.09 Å². The topological polar surface area (TPSA) is 122 Å². The molecule has 1 saturated carbocycles. The van der Waals surface area contributed by atoms with Crippen LogP contribution in [0.3, 0.4) is 0 Å². The van der Waals surface area contributed by atoms with Crippen molar-refractivity contribution in [1.82, 2.24) is 30.0 Å². The van der Waals surface area contributed by atoms with Gasteiger partial charge in [0.25, 0.3) is 0 Å². The minimum atomic E-state index is -0.595. The van der Waals surface area contributed by atoms with Crippen molar-refractivity contribution in [3.8, 4) is 23.2 Å². The molecule has 3 atom stereocenters. The van der Waals surface area contributed by atoms with Gasteiger partial charge in [-0.05, 0) is 37.5 Å². The Morgan fingerprint density at radius 2 is 2.32 bits per heavy atom. The fourth-order valence-electron chi connectivity index (χ4n) is 3.82. The number of hydrogen-bond acceptors (Lipinski definition) is 6. The van der Waals surface area contributed by atoms with Crippen LogP contribution in [0.25, 0.3) is 33.5 Å². The molecule has 3 aromatic heterocycles. The number of nitrogens with zero attached hydrogens (tertiary/aromatic N) is 5. The minimum absolute atomic E-state index is 0.000102. The third-order valence-corrected chi connectivity index (χ3v) is 5.83. The molecule has 0 aliphatic heterocycles. The first kappa shape index (κ1) is 19.3. The number of nitrogens with one attached hydrogen (secondary N) is 2. The SMILES string of the molecule is C[C@@H](NC(=O)Oc1c[nH]c2ncc(-c3nn(C)c4cc(Cl)ccc34)nc12)[C@H]1C[C@H]1C#N. The Balaban J connectivity index is 1.43. The molecular formula is C21H18ClN7O2. The molecule has 1 aliphatic carbocycles. The summed E-state index contributed by atoms with van der Waals surface area (Å²) in [4.78, 5) is 24.4. The normalized spacial score (nSPS) is 18.6. The summed E-state index contributed by atoms with van der Waals surface area (Å²) in [5.41, 5.74) is 3.00. The zero-order valence-corrected chi connectivity index (χ0v) is 17.5. The predicted molar refractivity (Wildman–Crippen MR) is 114 cm³/mol. The van der Waals surface area contributed by atoms with E-state index in [1.807, 2.05) is 26.1 Å². The van der Waals surface area contributed by atoms with Gasteiger partial charge in [0.2, 0.25) is 0 Å². The molecule has 0 spiro atoms. The van der Waals surface area contributed by atoms with Gasteiger partial charge >= 0.3 is 6.09 Å². The van der Waals surface area contributed by atoms with E-state index in [1.54, 1.807) is 23.1 Å². The Bertz CT molecular complexity index is 1370. The highest BCUT2D eigenvalue weighted by atomic mass is 35.5. The van der Waals surface area contributed by atoms with Crippen molar-refractivity contribution in [2.45, 2.75) is 19.4 Å². The number of ether oxygens (including phenoxy) is 1. The Hall–Kier alpha value is -3.64. The molecule has 5 rings (SSSR count). The van der Waals surface area contributed by atoms with E-state index >= 15 is 0 Å². The second kappa shape index (κ2) is 7.25. The first-order chi connectivity index (χ1) is 14.9. The maximum Gasteiger partial charge on any atom is 0.412 e. The zero-order valence-electron chi connectivity index (χ0n) is 16.8. The van der Waals surface area contributed by atoms with Gasteiger partial charge in [0.1, 0.15) is 11.4 Å². The molecule has 1 aliphatic rings. The van der Waals surface area contributed by atoms with Crippen LogP contribution in [0.2, 0.25) is 5.02 Å². The molecule has 0 unspecified atom stereocenters. The molecule has 0 saturated heterocycles. The van der Waals surface area contributed by atoms with Gasteiger partial charge in [-0.3, -0.25) is 4.68 Å². The van der Waals surface area contributed by atoms with E-state index in [1.165, 1.54) is 0 Å². The van der Waals surface area contributed by atoms with E-state index in [4.69, 9.17) is 21.6 Å². The number of carbonyl (C=O) groups is 1. The highest BCUT2D eigenvalue weighted by Gasteiger charge is 2.42. The largest absolute Gasteiger partial charge is 0.412 e. The lowest BCUT2D eigenvalue weighted by Gasteiger charge is -2.12. The standard InChI is InChI=1S/C21H18ClN7O2/c1-10(14-5-11(14)7-23)26-21(30)31-17-9-25-20-19(17)27-15(8-24-20)18-13-4-3-12(22)6-16(13)29(2)28-18/h3-4,6,8-11,14H,5H2,1-2H3,(H,24,25)(H,26,30)/t10-,11+,14-/m1/s1. The van der Waals surface area contributed by atoms with Crippen LogP contribution in [0.5, 0.6) is 5.75 Å². The number of H-pyrrole nitrogens is 1. The highest BCUT2D eigenvalue weighted by molar-refractivity contribution is 6.31. The summed E-state index contributed by atoms with van der Waals surface area (Å²) in [6, 6.07) is 7.61. The summed E-state index contributed by atoms with van der Waals surface area (Å²) in [6.45, 7) is 1.87. The molecule has 2 N–H and O–H groups in total. The van der Waals surface area contributed by atoms with Crippen LogP contribution >= 0.6 is 11.6 Å². The van der Waals surface area contributed by atoms with E-state index in [0.717, 1.165) is 17.3 Å². The molecule has 1 fully saturated rings. The highest BCUT2D eigenvalue weighted by Crippen LogP contribution is 2.40. The number of carbonyl (C=O) groups excluding carboxylic acids is 1. The maximum atomic E-state index is 12.4. The fourth-order valence-corrected chi connectivity index (χ4v) is 3.98. The summed E-state index contributed by atoms with van der Waals surface area (Å²) in [5.74, 6) is 0.433. The lowest BCUT2D eigenvalue weighted by molar-refractivity contribution is 0.195. The lowest BCUT2D eigenvalue weighted by atomic mass is 10.2. The lowest BCUT2D eigenvalue weighted by Crippen LogP contribution is -2.36. The smallest absolute Gasteiger partial charge is 0.406 e. The summed E-state index contributed by atoms with van der Waals surface area (Å²) < 4.78 is 7.21. The number of amides is 1. The van der Waals surface area contributed by atoms with Crippen LogP contribution in [0.15, 0.2) is 30.6 Å². The van der Waals surface area contributed by atoms with E-state index in [9.17, 15) is 4.79 Å². The molecule has 3 heterocycles. The Morgan fingerprint density at radius 1 is 1.48 bits per heavy atom. The first-order valence-electron chi connectivity index (χ1n) is 9.79. The number of fused-ring (bicyclic) bond motifs is 2. The molecule has 4 aromatic rings. The molecular weight excluding hydrogens is 418 g/mol. The monoisotopic (exact) mass is 435 g/mol. The van der Waals surface area contributed by atoms with Crippen LogP contribution in [0, 0.1) is 23.2 Å². The maximum absolute atomic E-state index is 12.4. The molecule has 31 heavy (non-hydrogen) atoms. The fraction of sp³-hybridized carbons (Fsp3) is 0.286. The summed E-state index contributed by atoms with van der Waals surface area (Å²) >= 11 is 6.11. The van der Waals surface area contributed by atoms with Crippen molar-refractivity contribution in [1.29, 1.82) is 5.26 Å². The van der Waals surface area contributed by atoms with Crippen LogP contribution in [-0.4, -0.2) is 36.9 Å². The minimum Gasteiger partial charge on any atom is -0.406 e. The average Bonchev–Trinajstić information content (AvgIpc) is 3.36. The van der Waals surface area contributed by atoms with Gasteiger partial charge in [0.15, 0.2) is 16.9 Å². The van der Waals surface area contributed by atoms with Crippen molar-refractivity contribution >= 4 is 39.8 Å². The molecule has 156 valence electrons. The number of halogens is 1. The Kier molecular flexibility index (Phi) is 4.52. The average molecular weight is 436 g/mol. The quantitative estimate of drug-likeness (QED) is 0.502. The van der Waals surface area contributed by atoms with E-state index in [0.29, 0.717) is 27.6 Å². The molecule has 10 heteroatoms. The van der Waals surface area contributed by atoms with Crippen LogP contribution in [-0.2, 0) is 7.05 Å². The molecule has 9 nitrogen and oxygen atoms in total. The van der Waals surface area contributed by atoms with Gasteiger partial charge in [0.05, 0.1) is 23.7 Å². The summed E-state index contributed by atoms with van der Waals surface area (Å²) in [7, 11) is 1.83. The van der Waals surface area contributed by atoms with Crippen LogP contribution in [0.1, 0.15) is 13.3 Å². The van der Waals surface area contributed by atoms with Gasteiger partial charge in [-0.15, -0.1) is 0 Å². The van der Waals surface area contributed by atoms with Crippen molar-refractivity contribution in [3.05, 3.63) is 35.6 Å². The number of hydrogen-bond donors (Lipinski definition) is 2. The molecule has 0 radical (unpaired) electrons. The summed E-state index contributed by atoms with van der Waals surface area (Å²) in [5, 5.41) is 17.8.